The van der Waals surface area contributed by atoms with E-state index < -0.39 is 5.91 Å². The van der Waals surface area contributed by atoms with Gasteiger partial charge in [0.1, 0.15) is 5.00 Å². The number of thiophene rings is 1. The number of hydrogen-bond donors (Lipinski definition) is 2. The molecule has 3 aromatic heterocycles. The Bertz CT molecular complexity index is 967. The molecule has 2 amide bonds. The van der Waals surface area contributed by atoms with Crippen molar-refractivity contribution in [2.75, 3.05) is 11.1 Å². The van der Waals surface area contributed by atoms with Gasteiger partial charge in [-0.2, -0.15) is 0 Å². The smallest absolute Gasteiger partial charge is 0.251 e. The van der Waals surface area contributed by atoms with E-state index in [0.29, 0.717) is 28.1 Å². The van der Waals surface area contributed by atoms with Crippen molar-refractivity contribution in [1.82, 2.24) is 19.7 Å². The van der Waals surface area contributed by atoms with Crippen LogP contribution in [0.3, 0.4) is 0 Å². The summed E-state index contributed by atoms with van der Waals surface area (Å²) < 4.78 is 1.88. The van der Waals surface area contributed by atoms with Crippen LogP contribution in [0.15, 0.2) is 53.8 Å². The first-order valence-corrected chi connectivity index (χ1v) is 9.71. The average molecular weight is 400 g/mol. The zero-order chi connectivity index (χ0) is 19.2. The summed E-state index contributed by atoms with van der Waals surface area (Å²) in [5, 5.41) is 13.8. The Morgan fingerprint density at radius 1 is 1.30 bits per heavy atom. The molecular weight excluding hydrogens is 384 g/mol. The van der Waals surface area contributed by atoms with Gasteiger partial charge in [-0.05, 0) is 23.6 Å². The van der Waals surface area contributed by atoms with E-state index in [1.807, 2.05) is 16.7 Å². The van der Waals surface area contributed by atoms with Gasteiger partial charge in [-0.3, -0.25) is 19.1 Å². The zero-order valence-corrected chi connectivity index (χ0v) is 15.8. The number of nitrogens with zero attached hydrogens (tertiary/aromatic N) is 4. The van der Waals surface area contributed by atoms with Crippen LogP contribution in [0.2, 0.25) is 0 Å². The van der Waals surface area contributed by atoms with Gasteiger partial charge in [0.05, 0.1) is 11.3 Å². The molecule has 0 unspecified atom stereocenters. The summed E-state index contributed by atoms with van der Waals surface area (Å²) in [5.41, 5.74) is 6.46. The number of allylic oxidation sites excluding steroid dienone is 1. The van der Waals surface area contributed by atoms with Crippen molar-refractivity contribution in [2.24, 2.45) is 5.73 Å². The molecule has 8 nitrogen and oxygen atoms in total. The number of primary amides is 1. The molecule has 10 heteroatoms. The van der Waals surface area contributed by atoms with E-state index in [1.165, 1.54) is 23.1 Å². The molecule has 0 aliphatic carbocycles. The third-order valence-corrected chi connectivity index (χ3v) is 5.28. The Labute approximate surface area is 163 Å². The number of carbonyl (C=O) groups excluding carboxylic acids is 2. The van der Waals surface area contributed by atoms with Crippen LogP contribution in [0.4, 0.5) is 5.00 Å². The normalized spacial score (nSPS) is 10.5. The Kier molecular flexibility index (Phi) is 5.99. The van der Waals surface area contributed by atoms with Crippen molar-refractivity contribution >= 4 is 39.9 Å². The monoisotopic (exact) mass is 400 g/mol. The second-order valence-electron chi connectivity index (χ2n) is 5.31. The van der Waals surface area contributed by atoms with Gasteiger partial charge in [-0.25, -0.2) is 0 Å². The number of rotatable bonds is 8. The van der Waals surface area contributed by atoms with Gasteiger partial charge in [0, 0.05) is 24.5 Å². The van der Waals surface area contributed by atoms with Gasteiger partial charge in [0.2, 0.25) is 5.91 Å². The van der Waals surface area contributed by atoms with E-state index in [2.05, 4.69) is 27.1 Å². The molecule has 0 bridgehead atoms. The summed E-state index contributed by atoms with van der Waals surface area (Å²) in [7, 11) is 0. The topological polar surface area (TPSA) is 116 Å². The van der Waals surface area contributed by atoms with Crippen LogP contribution in [-0.4, -0.2) is 37.3 Å². The van der Waals surface area contributed by atoms with E-state index in [4.69, 9.17) is 5.73 Å². The number of carbonyl (C=O) groups is 2. The lowest BCUT2D eigenvalue weighted by Gasteiger charge is -2.08. The van der Waals surface area contributed by atoms with Crippen molar-refractivity contribution in [1.29, 1.82) is 0 Å². The van der Waals surface area contributed by atoms with E-state index in [-0.39, 0.29) is 11.7 Å². The molecule has 0 saturated heterocycles. The Hall–Kier alpha value is -2.98. The van der Waals surface area contributed by atoms with Crippen LogP contribution < -0.4 is 11.1 Å². The van der Waals surface area contributed by atoms with E-state index in [1.54, 1.807) is 29.9 Å². The Morgan fingerprint density at radius 3 is 2.78 bits per heavy atom. The van der Waals surface area contributed by atoms with Gasteiger partial charge < -0.3 is 11.1 Å². The average Bonchev–Trinajstić information content (AvgIpc) is 3.28. The first-order valence-electron chi connectivity index (χ1n) is 7.84. The number of pyridine rings is 1. The molecule has 0 aromatic carbocycles. The standard InChI is InChI=1S/C17H16N6O2S2/c1-2-8-23-15(11-3-6-19-7-4-11)21-22-17(23)27-10-13(24)20-16-12(14(18)25)5-9-26-16/h2-7,9H,1,8,10H2,(H2,18,25)(H,20,24). The number of thioether (sulfide) groups is 1. The maximum atomic E-state index is 12.2. The highest BCUT2D eigenvalue weighted by Crippen LogP contribution is 2.25. The third-order valence-electron chi connectivity index (χ3n) is 3.48. The van der Waals surface area contributed by atoms with E-state index in [9.17, 15) is 9.59 Å². The van der Waals surface area contributed by atoms with Crippen LogP contribution in [-0.2, 0) is 11.3 Å². The van der Waals surface area contributed by atoms with Crippen molar-refractivity contribution in [2.45, 2.75) is 11.7 Å². The first kappa shape index (κ1) is 18.8. The van der Waals surface area contributed by atoms with Gasteiger partial charge in [-0.15, -0.1) is 28.1 Å². The minimum Gasteiger partial charge on any atom is -0.366 e. The van der Waals surface area contributed by atoms with Crippen LogP contribution in [0.25, 0.3) is 11.4 Å². The quantitative estimate of drug-likeness (QED) is 0.443. The lowest BCUT2D eigenvalue weighted by atomic mass is 10.2. The molecule has 0 fully saturated rings. The summed E-state index contributed by atoms with van der Waals surface area (Å²) >= 11 is 2.50. The van der Waals surface area contributed by atoms with Gasteiger partial charge >= 0.3 is 0 Å². The zero-order valence-electron chi connectivity index (χ0n) is 14.2. The largest absolute Gasteiger partial charge is 0.366 e. The van der Waals surface area contributed by atoms with Crippen LogP contribution in [0.1, 0.15) is 10.4 Å². The summed E-state index contributed by atoms with van der Waals surface area (Å²) in [4.78, 5) is 27.6. The first-order chi connectivity index (χ1) is 13.1. The van der Waals surface area contributed by atoms with Crippen molar-refractivity contribution in [3.8, 4) is 11.4 Å². The predicted octanol–water partition coefficient (Wildman–Crippen LogP) is 2.42. The van der Waals surface area contributed by atoms with Crippen LogP contribution in [0, 0.1) is 0 Å². The fraction of sp³-hybridized carbons (Fsp3) is 0.118. The highest BCUT2D eigenvalue weighted by atomic mass is 32.2. The SMILES string of the molecule is C=CCn1c(SCC(=O)Nc2sccc2C(N)=O)nnc1-c1ccncc1. The molecule has 0 spiro atoms. The lowest BCUT2D eigenvalue weighted by molar-refractivity contribution is -0.113. The fourth-order valence-electron chi connectivity index (χ4n) is 2.30. The van der Waals surface area contributed by atoms with E-state index >= 15 is 0 Å². The molecule has 3 aromatic rings. The number of amides is 2. The maximum absolute atomic E-state index is 12.2. The van der Waals surface area contributed by atoms with Gasteiger partial charge in [0.15, 0.2) is 11.0 Å². The van der Waals surface area contributed by atoms with E-state index in [0.717, 1.165) is 5.56 Å². The van der Waals surface area contributed by atoms with Crippen molar-refractivity contribution in [3.63, 3.8) is 0 Å². The molecule has 138 valence electrons. The molecular formula is C17H16N6O2S2. The van der Waals surface area contributed by atoms with Gasteiger partial charge in [-0.1, -0.05) is 17.8 Å². The third kappa shape index (κ3) is 4.41. The second kappa shape index (κ2) is 8.60. The number of nitrogens with one attached hydrogen (secondary N) is 1. The fourth-order valence-corrected chi connectivity index (χ4v) is 3.85. The Morgan fingerprint density at radius 2 is 2.07 bits per heavy atom. The molecule has 0 aliphatic rings. The molecule has 3 N–H and O–H groups in total. The van der Waals surface area contributed by atoms with Crippen LogP contribution >= 0.6 is 23.1 Å². The Balaban J connectivity index is 1.71. The minimum absolute atomic E-state index is 0.113. The predicted molar refractivity (Wildman–Crippen MR) is 106 cm³/mol. The number of aromatic nitrogens is 4. The van der Waals surface area contributed by atoms with Crippen LogP contribution in [0.5, 0.6) is 0 Å². The van der Waals surface area contributed by atoms with Crippen molar-refractivity contribution in [3.05, 3.63) is 54.2 Å². The van der Waals surface area contributed by atoms with Gasteiger partial charge in [0.25, 0.3) is 5.91 Å². The number of hydrogen-bond acceptors (Lipinski definition) is 7. The summed E-state index contributed by atoms with van der Waals surface area (Å²) in [5.74, 6) is -0.0492. The molecule has 0 saturated carbocycles. The summed E-state index contributed by atoms with van der Waals surface area (Å²) in [6, 6.07) is 5.26. The highest BCUT2D eigenvalue weighted by Gasteiger charge is 2.16. The minimum atomic E-state index is -0.577. The summed E-state index contributed by atoms with van der Waals surface area (Å²) in [6.07, 6.45) is 5.10. The number of anilines is 1. The highest BCUT2D eigenvalue weighted by molar-refractivity contribution is 7.99. The molecule has 3 rings (SSSR count). The molecule has 3 heterocycles. The molecule has 27 heavy (non-hydrogen) atoms. The van der Waals surface area contributed by atoms with Crippen molar-refractivity contribution < 1.29 is 9.59 Å². The molecule has 0 aliphatic heterocycles. The molecule has 0 radical (unpaired) electrons. The lowest BCUT2D eigenvalue weighted by Crippen LogP contribution is -2.18. The molecule has 0 atom stereocenters. The summed E-state index contributed by atoms with van der Waals surface area (Å²) in [6.45, 7) is 4.27. The second-order valence-corrected chi connectivity index (χ2v) is 7.16. The maximum Gasteiger partial charge on any atom is 0.251 e. The number of nitrogens with two attached hydrogens (primary N) is 1.